The van der Waals surface area contributed by atoms with Crippen molar-refractivity contribution in [3.8, 4) is 5.82 Å². The van der Waals surface area contributed by atoms with Crippen molar-refractivity contribution < 1.29 is 5.11 Å². The van der Waals surface area contributed by atoms with Gasteiger partial charge in [-0.05, 0) is 48.4 Å². The minimum atomic E-state index is -0.536. The van der Waals surface area contributed by atoms with Gasteiger partial charge in [-0.15, -0.1) is 6.58 Å². The van der Waals surface area contributed by atoms with E-state index in [-0.39, 0.29) is 18.7 Å². The number of rotatable bonds is 7. The van der Waals surface area contributed by atoms with Crippen molar-refractivity contribution in [2.45, 2.75) is 38.8 Å². The van der Waals surface area contributed by atoms with Crippen molar-refractivity contribution in [3.63, 3.8) is 0 Å². The summed E-state index contributed by atoms with van der Waals surface area (Å²) >= 11 is 0. The van der Waals surface area contributed by atoms with E-state index in [1.54, 1.807) is 21.6 Å². The first kappa shape index (κ1) is 22.9. The summed E-state index contributed by atoms with van der Waals surface area (Å²) in [7, 11) is 0. The highest BCUT2D eigenvalue weighted by molar-refractivity contribution is 5.77. The van der Waals surface area contributed by atoms with E-state index in [2.05, 4.69) is 34.3 Å². The molecule has 0 saturated carbocycles. The predicted molar refractivity (Wildman–Crippen MR) is 136 cm³/mol. The van der Waals surface area contributed by atoms with Crippen LogP contribution >= 0.6 is 0 Å². The number of fused-ring (bicyclic) bond motifs is 2. The lowest BCUT2D eigenvalue weighted by atomic mass is 9.90. The van der Waals surface area contributed by atoms with Crippen molar-refractivity contribution in [1.29, 1.82) is 0 Å². The molecule has 3 N–H and O–H groups in total. The van der Waals surface area contributed by atoms with Gasteiger partial charge in [-0.25, -0.2) is 19.3 Å². The Morgan fingerprint density at radius 1 is 1.23 bits per heavy atom. The number of hydrogen-bond donors (Lipinski definition) is 3. The Bertz CT molecular complexity index is 1470. The molecule has 0 bridgehead atoms. The third kappa shape index (κ3) is 4.24. The number of anilines is 2. The third-order valence-corrected chi connectivity index (χ3v) is 6.37. The molecular formula is C26H29N7O2. The first-order chi connectivity index (χ1) is 16.9. The second-order valence-corrected chi connectivity index (χ2v) is 9.38. The molecule has 0 spiro atoms. The number of benzene rings is 1. The molecule has 9 nitrogen and oxygen atoms in total. The maximum atomic E-state index is 13.2. The summed E-state index contributed by atoms with van der Waals surface area (Å²) in [6, 6.07) is 11.8. The van der Waals surface area contributed by atoms with Crippen LogP contribution in [-0.2, 0) is 24.9 Å². The molecule has 0 amide bonds. The largest absolute Gasteiger partial charge is 0.395 e. The normalized spacial score (nSPS) is 13.6. The highest BCUT2D eigenvalue weighted by Crippen LogP contribution is 2.24. The summed E-state index contributed by atoms with van der Waals surface area (Å²) in [5.41, 5.74) is 3.89. The third-order valence-electron chi connectivity index (χ3n) is 6.37. The summed E-state index contributed by atoms with van der Waals surface area (Å²) < 4.78 is 3.23. The van der Waals surface area contributed by atoms with E-state index in [0.29, 0.717) is 28.5 Å². The average molecular weight is 472 g/mol. The van der Waals surface area contributed by atoms with E-state index in [1.807, 2.05) is 38.1 Å². The fourth-order valence-electron chi connectivity index (χ4n) is 4.30. The molecule has 4 aromatic rings. The van der Waals surface area contributed by atoms with E-state index < -0.39 is 5.41 Å². The van der Waals surface area contributed by atoms with E-state index in [0.717, 1.165) is 25.2 Å². The van der Waals surface area contributed by atoms with Crippen LogP contribution in [0.5, 0.6) is 0 Å². The van der Waals surface area contributed by atoms with Crippen molar-refractivity contribution >= 4 is 22.7 Å². The van der Waals surface area contributed by atoms with Crippen LogP contribution in [0, 0.1) is 0 Å². The molecular weight excluding hydrogens is 442 g/mol. The van der Waals surface area contributed by atoms with Crippen LogP contribution in [0.4, 0.5) is 11.6 Å². The van der Waals surface area contributed by atoms with Gasteiger partial charge in [-0.1, -0.05) is 32.1 Å². The fraction of sp³-hybridized carbons (Fsp3) is 0.308. The van der Waals surface area contributed by atoms with Crippen LogP contribution in [0.25, 0.3) is 16.9 Å². The van der Waals surface area contributed by atoms with E-state index in [4.69, 9.17) is 9.97 Å². The van der Waals surface area contributed by atoms with Crippen LogP contribution in [0.2, 0.25) is 0 Å². The highest BCUT2D eigenvalue weighted by Gasteiger charge is 2.23. The molecule has 0 fully saturated rings. The number of aliphatic hydroxyl groups is 1. The van der Waals surface area contributed by atoms with Gasteiger partial charge in [-0.3, -0.25) is 4.79 Å². The van der Waals surface area contributed by atoms with Gasteiger partial charge < -0.3 is 15.7 Å². The maximum Gasteiger partial charge on any atom is 0.278 e. The van der Waals surface area contributed by atoms with Gasteiger partial charge >= 0.3 is 0 Å². The summed E-state index contributed by atoms with van der Waals surface area (Å²) in [6.45, 7) is 9.69. The molecule has 0 unspecified atom stereocenters. The van der Waals surface area contributed by atoms with Crippen LogP contribution in [0.3, 0.4) is 0 Å². The Morgan fingerprint density at radius 3 is 2.89 bits per heavy atom. The molecule has 3 aromatic heterocycles. The van der Waals surface area contributed by atoms with Gasteiger partial charge in [0.2, 0.25) is 5.95 Å². The van der Waals surface area contributed by atoms with Gasteiger partial charge in [0.05, 0.1) is 18.8 Å². The van der Waals surface area contributed by atoms with Crippen molar-refractivity contribution in [1.82, 2.24) is 29.6 Å². The average Bonchev–Trinajstić information content (AvgIpc) is 3.15. The Kier molecular flexibility index (Phi) is 5.96. The Labute approximate surface area is 203 Å². The second-order valence-electron chi connectivity index (χ2n) is 9.38. The SMILES string of the molecule is C=CCn1c(=O)c2cnc(Nc3ccc4c(c3)CNCC4)nc2n1-c1cccc(C(C)(C)CO)n1. The lowest BCUT2D eigenvalue weighted by Gasteiger charge is -2.22. The van der Waals surface area contributed by atoms with Crippen LogP contribution < -0.4 is 16.2 Å². The van der Waals surface area contributed by atoms with Gasteiger partial charge in [0.25, 0.3) is 5.56 Å². The molecule has 1 aliphatic heterocycles. The van der Waals surface area contributed by atoms with Gasteiger partial charge in [0.1, 0.15) is 5.39 Å². The zero-order valence-electron chi connectivity index (χ0n) is 20.0. The minimum Gasteiger partial charge on any atom is -0.395 e. The molecule has 5 rings (SSSR count). The van der Waals surface area contributed by atoms with Crippen LogP contribution in [-0.4, -0.2) is 42.6 Å². The lowest BCUT2D eigenvalue weighted by molar-refractivity contribution is 0.215. The maximum absolute atomic E-state index is 13.2. The number of hydrogen-bond acceptors (Lipinski definition) is 7. The first-order valence-electron chi connectivity index (χ1n) is 11.7. The van der Waals surface area contributed by atoms with Gasteiger partial charge in [0.15, 0.2) is 11.5 Å². The van der Waals surface area contributed by atoms with Crippen LogP contribution in [0.15, 0.2) is 60.0 Å². The molecule has 0 radical (unpaired) electrons. The van der Waals surface area contributed by atoms with E-state index in [9.17, 15) is 9.90 Å². The number of allylic oxidation sites excluding steroid dienone is 1. The fourth-order valence-corrected chi connectivity index (χ4v) is 4.30. The number of pyridine rings is 1. The minimum absolute atomic E-state index is 0.0537. The summed E-state index contributed by atoms with van der Waals surface area (Å²) in [4.78, 5) is 27.1. The standard InChI is InChI=1S/C26H29N7O2/c1-4-12-32-24(35)20-15-28-25(29-19-9-8-17-10-11-27-14-18(17)13-19)31-23(20)33(32)22-7-5-6-21(30-22)26(2,3)16-34/h4-9,13,15,27,34H,1,10-12,14,16H2,2-3H3,(H,28,29,31). The predicted octanol–water partition coefficient (Wildman–Crippen LogP) is 2.82. The molecule has 0 aliphatic carbocycles. The number of nitrogens with one attached hydrogen (secondary N) is 2. The number of aromatic nitrogens is 5. The van der Waals surface area contributed by atoms with Crippen molar-refractivity contribution in [2.75, 3.05) is 18.5 Å². The molecule has 0 atom stereocenters. The monoisotopic (exact) mass is 471 g/mol. The Morgan fingerprint density at radius 2 is 2.09 bits per heavy atom. The molecule has 35 heavy (non-hydrogen) atoms. The number of nitrogens with zero attached hydrogens (tertiary/aromatic N) is 5. The molecule has 0 saturated heterocycles. The molecule has 4 heterocycles. The summed E-state index contributed by atoms with van der Waals surface area (Å²) in [6.07, 6.45) is 4.22. The van der Waals surface area contributed by atoms with Crippen LogP contribution in [0.1, 0.15) is 30.7 Å². The zero-order chi connectivity index (χ0) is 24.6. The van der Waals surface area contributed by atoms with E-state index in [1.165, 1.54) is 11.1 Å². The van der Waals surface area contributed by atoms with E-state index >= 15 is 0 Å². The second kappa shape index (κ2) is 9.09. The Balaban J connectivity index is 1.61. The van der Waals surface area contributed by atoms with Gasteiger partial charge in [-0.2, -0.15) is 4.98 Å². The zero-order valence-corrected chi connectivity index (χ0v) is 20.0. The topological polar surface area (TPSA) is 110 Å². The molecule has 1 aliphatic rings. The molecule has 9 heteroatoms. The molecule has 1 aromatic carbocycles. The van der Waals surface area contributed by atoms with Crippen molar-refractivity contribution in [3.05, 3.63) is 82.4 Å². The molecule has 180 valence electrons. The first-order valence-corrected chi connectivity index (χ1v) is 11.7. The summed E-state index contributed by atoms with van der Waals surface area (Å²) in [5.74, 6) is 0.917. The highest BCUT2D eigenvalue weighted by atomic mass is 16.3. The smallest absolute Gasteiger partial charge is 0.278 e. The Hall–Kier alpha value is -3.82. The van der Waals surface area contributed by atoms with Crippen molar-refractivity contribution in [2.24, 2.45) is 0 Å². The van der Waals surface area contributed by atoms with Gasteiger partial charge in [0, 0.05) is 23.8 Å². The summed E-state index contributed by atoms with van der Waals surface area (Å²) in [5, 5.41) is 16.9. The lowest BCUT2D eigenvalue weighted by Crippen LogP contribution is -2.26. The quantitative estimate of drug-likeness (QED) is 0.356. The number of aliphatic hydroxyl groups excluding tert-OH is 1.